The molecule has 3 rings (SSSR count). The number of rotatable bonds is 7. The van der Waals surface area contributed by atoms with Crippen LogP contribution in [0.15, 0.2) is 41.0 Å². The lowest BCUT2D eigenvalue weighted by Crippen LogP contribution is -2.48. The predicted molar refractivity (Wildman–Crippen MR) is 108 cm³/mol. The molecule has 1 aromatic carbocycles. The number of amides is 3. The average Bonchev–Trinajstić information content (AvgIpc) is 2.90. The maximum absolute atomic E-state index is 12.8. The van der Waals surface area contributed by atoms with Gasteiger partial charge in [-0.2, -0.15) is 5.10 Å². The van der Waals surface area contributed by atoms with Crippen molar-refractivity contribution in [2.24, 2.45) is 5.10 Å². The number of carbonyl (C=O) groups excluding carboxylic acids is 2. The van der Waals surface area contributed by atoms with Crippen LogP contribution < -0.4 is 5.32 Å². The smallest absolute Gasteiger partial charge is 0.321 e. The summed E-state index contributed by atoms with van der Waals surface area (Å²) in [5, 5.41) is 8.22. The van der Waals surface area contributed by atoms with E-state index in [1.807, 2.05) is 30.3 Å². The molecule has 0 aromatic heterocycles. The third-order valence-electron chi connectivity index (χ3n) is 5.41. The Morgan fingerprint density at radius 2 is 1.89 bits per heavy atom. The minimum Gasteiger partial charge on any atom is -0.321 e. The van der Waals surface area contributed by atoms with Crippen molar-refractivity contribution in [3.05, 3.63) is 41.5 Å². The molecule has 5 heteroatoms. The Balaban J connectivity index is 1.76. The zero-order valence-electron chi connectivity index (χ0n) is 16.1. The number of imide groups is 1. The molecule has 0 radical (unpaired) electrons. The van der Waals surface area contributed by atoms with E-state index in [9.17, 15) is 9.59 Å². The van der Waals surface area contributed by atoms with Crippen LogP contribution in [0.3, 0.4) is 0 Å². The summed E-state index contributed by atoms with van der Waals surface area (Å²) >= 11 is 0. The van der Waals surface area contributed by atoms with Crippen molar-refractivity contribution >= 4 is 24.2 Å². The zero-order valence-corrected chi connectivity index (χ0v) is 16.1. The van der Waals surface area contributed by atoms with Crippen LogP contribution in [0, 0.1) is 0 Å². The van der Waals surface area contributed by atoms with E-state index in [1.54, 1.807) is 6.21 Å². The molecule has 1 aliphatic heterocycles. The Morgan fingerprint density at radius 1 is 1.15 bits per heavy atom. The summed E-state index contributed by atoms with van der Waals surface area (Å²) in [6, 6.07) is 9.66. The largest absolute Gasteiger partial charge is 0.346 e. The third kappa shape index (κ3) is 4.65. The fourth-order valence-corrected chi connectivity index (χ4v) is 3.85. The van der Waals surface area contributed by atoms with Crippen molar-refractivity contribution in [1.82, 2.24) is 10.3 Å². The fraction of sp³-hybridized carbons (Fsp3) is 0.500. The number of hydrogen-bond acceptors (Lipinski definition) is 3. The molecular formula is C22H29N3O2. The molecule has 0 bridgehead atoms. The first-order valence-electron chi connectivity index (χ1n) is 10.1. The van der Waals surface area contributed by atoms with Gasteiger partial charge in [-0.15, -0.1) is 5.01 Å². The third-order valence-corrected chi connectivity index (χ3v) is 5.41. The van der Waals surface area contributed by atoms with Crippen LogP contribution in [-0.4, -0.2) is 28.7 Å². The molecule has 27 heavy (non-hydrogen) atoms. The van der Waals surface area contributed by atoms with Crippen molar-refractivity contribution in [2.45, 2.75) is 70.3 Å². The molecular weight excluding hydrogens is 338 g/mol. The quantitative estimate of drug-likeness (QED) is 0.424. The molecule has 1 saturated carbocycles. The number of benzene rings is 1. The van der Waals surface area contributed by atoms with Gasteiger partial charge in [-0.1, -0.05) is 75.4 Å². The summed E-state index contributed by atoms with van der Waals surface area (Å²) in [6.07, 6.45) is 12.5. The molecule has 5 nitrogen and oxygen atoms in total. The number of carbonyl (C=O) groups is 2. The van der Waals surface area contributed by atoms with E-state index in [4.69, 9.17) is 0 Å². The van der Waals surface area contributed by atoms with E-state index >= 15 is 0 Å². The van der Waals surface area contributed by atoms with Gasteiger partial charge in [0.2, 0.25) is 0 Å². The number of hydrogen-bond donors (Lipinski definition) is 1. The van der Waals surface area contributed by atoms with Crippen LogP contribution in [0.4, 0.5) is 4.79 Å². The number of nitrogens with zero attached hydrogens (tertiary/aromatic N) is 2. The molecule has 1 spiro atoms. The van der Waals surface area contributed by atoms with Gasteiger partial charge in [0, 0.05) is 0 Å². The first-order chi connectivity index (χ1) is 13.1. The normalized spacial score (nSPS) is 19.9. The van der Waals surface area contributed by atoms with E-state index in [0.29, 0.717) is 12.8 Å². The maximum atomic E-state index is 12.8. The van der Waals surface area contributed by atoms with Gasteiger partial charge in [-0.05, 0) is 36.8 Å². The molecule has 1 saturated heterocycles. The van der Waals surface area contributed by atoms with Crippen LogP contribution in [-0.2, 0) is 4.79 Å². The van der Waals surface area contributed by atoms with Gasteiger partial charge in [0.05, 0.1) is 6.21 Å². The molecule has 1 aromatic rings. The lowest BCUT2D eigenvalue weighted by molar-refractivity contribution is -0.132. The van der Waals surface area contributed by atoms with E-state index in [-0.39, 0.29) is 5.91 Å². The maximum Gasteiger partial charge on any atom is 0.346 e. The molecule has 1 heterocycles. The van der Waals surface area contributed by atoms with E-state index < -0.39 is 11.6 Å². The van der Waals surface area contributed by atoms with Crippen LogP contribution in [0.5, 0.6) is 0 Å². The minimum atomic E-state index is -0.724. The van der Waals surface area contributed by atoms with Gasteiger partial charge in [0.25, 0.3) is 5.91 Å². The second-order valence-corrected chi connectivity index (χ2v) is 7.52. The Morgan fingerprint density at radius 3 is 2.59 bits per heavy atom. The Labute approximate surface area is 161 Å². The van der Waals surface area contributed by atoms with Crippen molar-refractivity contribution in [2.75, 3.05) is 0 Å². The second kappa shape index (κ2) is 8.98. The number of urea groups is 1. The molecule has 2 fully saturated rings. The van der Waals surface area contributed by atoms with Crippen LogP contribution in [0.1, 0.15) is 70.3 Å². The van der Waals surface area contributed by atoms with Gasteiger partial charge in [-0.25, -0.2) is 4.79 Å². The molecule has 3 amide bonds. The lowest BCUT2D eigenvalue weighted by Gasteiger charge is -2.29. The summed E-state index contributed by atoms with van der Waals surface area (Å²) in [4.78, 5) is 25.2. The SMILES string of the molecule is CCCCCC(C=NN1C(=O)NC2(CCCCC2)C1=O)=Cc1ccccc1. The zero-order chi connectivity index (χ0) is 19.1. The summed E-state index contributed by atoms with van der Waals surface area (Å²) in [7, 11) is 0. The highest BCUT2D eigenvalue weighted by Gasteiger charge is 2.51. The second-order valence-electron chi connectivity index (χ2n) is 7.52. The number of unbranched alkanes of at least 4 members (excludes halogenated alkanes) is 2. The minimum absolute atomic E-state index is 0.198. The topological polar surface area (TPSA) is 61.8 Å². The van der Waals surface area contributed by atoms with Gasteiger partial charge < -0.3 is 5.32 Å². The lowest BCUT2D eigenvalue weighted by atomic mass is 9.82. The molecule has 144 valence electrons. The van der Waals surface area contributed by atoms with E-state index in [0.717, 1.165) is 61.1 Å². The number of allylic oxidation sites excluding steroid dienone is 1. The van der Waals surface area contributed by atoms with Crippen LogP contribution >= 0.6 is 0 Å². The van der Waals surface area contributed by atoms with Crippen molar-refractivity contribution in [3.63, 3.8) is 0 Å². The predicted octanol–water partition coefficient (Wildman–Crippen LogP) is 4.89. The van der Waals surface area contributed by atoms with Crippen molar-refractivity contribution in [1.29, 1.82) is 0 Å². The van der Waals surface area contributed by atoms with Gasteiger partial charge in [0.15, 0.2) is 0 Å². The van der Waals surface area contributed by atoms with Gasteiger partial charge in [0.1, 0.15) is 5.54 Å². The fourth-order valence-electron chi connectivity index (χ4n) is 3.85. The number of hydrazone groups is 1. The highest BCUT2D eigenvalue weighted by molar-refractivity contribution is 6.07. The van der Waals surface area contributed by atoms with E-state index in [2.05, 4.69) is 23.4 Å². The monoisotopic (exact) mass is 367 g/mol. The van der Waals surface area contributed by atoms with Crippen molar-refractivity contribution < 1.29 is 9.59 Å². The Bertz CT molecular complexity index is 718. The molecule has 0 atom stereocenters. The highest BCUT2D eigenvalue weighted by atomic mass is 16.2. The number of nitrogens with one attached hydrogen (secondary N) is 1. The molecule has 1 aliphatic carbocycles. The Hall–Kier alpha value is -2.43. The van der Waals surface area contributed by atoms with Crippen LogP contribution in [0.25, 0.3) is 6.08 Å². The first-order valence-corrected chi connectivity index (χ1v) is 10.1. The molecule has 1 N–H and O–H groups in total. The van der Waals surface area contributed by atoms with E-state index in [1.165, 1.54) is 0 Å². The Kier molecular flexibility index (Phi) is 6.43. The summed E-state index contributed by atoms with van der Waals surface area (Å²) in [5.74, 6) is -0.198. The average molecular weight is 367 g/mol. The summed E-state index contributed by atoms with van der Waals surface area (Å²) in [5.41, 5.74) is 1.40. The standard InChI is InChI=1S/C22H29N3O2/c1-2-3-6-13-19(16-18-11-7-4-8-12-18)17-23-25-20(26)22(24-21(25)27)14-9-5-10-15-22/h4,7-8,11-12,16-17H,2-3,5-6,9-10,13-15H2,1H3,(H,24,27). The van der Waals surface area contributed by atoms with Crippen LogP contribution in [0.2, 0.25) is 0 Å². The van der Waals surface area contributed by atoms with Gasteiger partial charge >= 0.3 is 6.03 Å². The highest BCUT2D eigenvalue weighted by Crippen LogP contribution is 2.33. The first kappa shape index (κ1) is 19.3. The van der Waals surface area contributed by atoms with Crippen molar-refractivity contribution in [3.8, 4) is 0 Å². The summed E-state index contributed by atoms with van der Waals surface area (Å²) < 4.78 is 0. The molecule has 2 aliphatic rings. The van der Waals surface area contributed by atoms with Gasteiger partial charge in [-0.3, -0.25) is 4.79 Å². The molecule has 0 unspecified atom stereocenters. The summed E-state index contributed by atoms with van der Waals surface area (Å²) in [6.45, 7) is 2.17.